The van der Waals surface area contributed by atoms with Crippen molar-refractivity contribution < 1.29 is 5.11 Å². The number of aliphatic hydroxyl groups excluding tert-OH is 1. The molecule has 2 rings (SSSR count). The summed E-state index contributed by atoms with van der Waals surface area (Å²) < 4.78 is 0. The summed E-state index contributed by atoms with van der Waals surface area (Å²) in [7, 11) is 0. The molecule has 0 aromatic carbocycles. The van der Waals surface area contributed by atoms with Gasteiger partial charge in [-0.15, -0.1) is 0 Å². The lowest BCUT2D eigenvalue weighted by atomic mass is 9.85. The Labute approximate surface area is 112 Å². The lowest BCUT2D eigenvalue weighted by molar-refractivity contribution is 0.103. The molecule has 4 unspecified atom stereocenters. The van der Waals surface area contributed by atoms with E-state index in [1.807, 2.05) is 0 Å². The topological polar surface area (TPSA) is 49.5 Å². The van der Waals surface area contributed by atoms with Gasteiger partial charge in [0.05, 0.1) is 6.61 Å². The minimum Gasteiger partial charge on any atom is -0.394 e. The molecule has 0 amide bonds. The smallest absolute Gasteiger partial charge is 0.0613 e. The summed E-state index contributed by atoms with van der Waals surface area (Å²) in [5.41, 5.74) is 6.02. The Morgan fingerprint density at radius 1 is 1.33 bits per heavy atom. The highest BCUT2D eigenvalue weighted by atomic mass is 16.3. The summed E-state index contributed by atoms with van der Waals surface area (Å²) >= 11 is 0. The standard InChI is InChI=1S/C15H30N2O/c1-12-5-8-17(13(2)10-12)9-6-14-4-3-7-15(14,16)11-18/h12-14,18H,3-11,16H2,1-2H3. The molecule has 0 bridgehead atoms. The highest BCUT2D eigenvalue weighted by molar-refractivity contribution is 4.96. The first-order valence-electron chi connectivity index (χ1n) is 7.69. The molecule has 0 aromatic heterocycles. The number of hydrogen-bond acceptors (Lipinski definition) is 3. The van der Waals surface area contributed by atoms with E-state index in [4.69, 9.17) is 5.73 Å². The van der Waals surface area contributed by atoms with E-state index in [0.717, 1.165) is 31.3 Å². The number of piperidine rings is 1. The molecule has 0 spiro atoms. The molecule has 1 aliphatic carbocycles. The molecule has 3 N–H and O–H groups in total. The van der Waals surface area contributed by atoms with E-state index in [-0.39, 0.29) is 12.1 Å². The molecule has 2 fully saturated rings. The van der Waals surface area contributed by atoms with Gasteiger partial charge in [-0.3, -0.25) is 0 Å². The zero-order valence-corrected chi connectivity index (χ0v) is 12.1. The molecule has 4 atom stereocenters. The fourth-order valence-corrected chi connectivity index (χ4v) is 3.92. The van der Waals surface area contributed by atoms with Gasteiger partial charge in [-0.1, -0.05) is 13.3 Å². The van der Waals surface area contributed by atoms with E-state index in [1.54, 1.807) is 0 Å². The summed E-state index contributed by atoms with van der Waals surface area (Å²) in [6, 6.07) is 0.719. The van der Waals surface area contributed by atoms with Crippen LogP contribution in [0.25, 0.3) is 0 Å². The van der Waals surface area contributed by atoms with Gasteiger partial charge in [0.1, 0.15) is 0 Å². The zero-order chi connectivity index (χ0) is 13.2. The second kappa shape index (κ2) is 5.89. The lowest BCUT2D eigenvalue weighted by Crippen LogP contribution is -2.48. The first-order chi connectivity index (χ1) is 8.55. The van der Waals surface area contributed by atoms with Crippen LogP contribution in [0.1, 0.15) is 52.4 Å². The lowest BCUT2D eigenvalue weighted by Gasteiger charge is -2.38. The largest absolute Gasteiger partial charge is 0.394 e. The molecule has 3 heteroatoms. The van der Waals surface area contributed by atoms with Gasteiger partial charge in [0.2, 0.25) is 0 Å². The predicted octanol–water partition coefficient (Wildman–Crippen LogP) is 1.99. The number of likely N-dealkylation sites (tertiary alicyclic amines) is 1. The highest BCUT2D eigenvalue weighted by Gasteiger charge is 2.38. The Kier molecular flexibility index (Phi) is 4.68. The maximum absolute atomic E-state index is 9.48. The molecule has 106 valence electrons. The molecule has 3 nitrogen and oxygen atoms in total. The SMILES string of the molecule is CC1CCN(CCC2CCCC2(N)CO)C(C)C1. The van der Waals surface area contributed by atoms with Crippen LogP contribution >= 0.6 is 0 Å². The van der Waals surface area contributed by atoms with Gasteiger partial charge in [-0.05, 0) is 64.0 Å². The van der Waals surface area contributed by atoms with Gasteiger partial charge in [0.25, 0.3) is 0 Å². The van der Waals surface area contributed by atoms with Crippen LogP contribution in [0.15, 0.2) is 0 Å². The van der Waals surface area contributed by atoms with E-state index in [1.165, 1.54) is 32.2 Å². The van der Waals surface area contributed by atoms with Crippen molar-refractivity contribution in [2.45, 2.75) is 64.0 Å². The monoisotopic (exact) mass is 254 g/mol. The molecule has 0 radical (unpaired) electrons. The summed E-state index contributed by atoms with van der Waals surface area (Å²) in [6.07, 6.45) is 7.22. The van der Waals surface area contributed by atoms with Gasteiger partial charge in [0.15, 0.2) is 0 Å². The van der Waals surface area contributed by atoms with Gasteiger partial charge in [-0.25, -0.2) is 0 Å². The molecular weight excluding hydrogens is 224 g/mol. The van der Waals surface area contributed by atoms with Crippen molar-refractivity contribution in [3.63, 3.8) is 0 Å². The molecule has 0 aromatic rings. The minimum atomic E-state index is -0.285. The summed E-state index contributed by atoms with van der Waals surface area (Å²) in [5, 5.41) is 9.48. The van der Waals surface area contributed by atoms with Crippen LogP contribution in [0.5, 0.6) is 0 Å². The van der Waals surface area contributed by atoms with Crippen molar-refractivity contribution >= 4 is 0 Å². The molecule has 1 saturated carbocycles. The van der Waals surface area contributed by atoms with Crippen molar-refractivity contribution in [3.8, 4) is 0 Å². The number of nitrogens with zero attached hydrogens (tertiary/aromatic N) is 1. The Hall–Kier alpha value is -0.120. The zero-order valence-electron chi connectivity index (χ0n) is 12.1. The Morgan fingerprint density at radius 3 is 2.78 bits per heavy atom. The second-order valence-corrected chi connectivity index (χ2v) is 6.78. The molecular formula is C15H30N2O. The highest BCUT2D eigenvalue weighted by Crippen LogP contribution is 2.36. The Balaban J connectivity index is 1.81. The van der Waals surface area contributed by atoms with Crippen molar-refractivity contribution in [1.29, 1.82) is 0 Å². The van der Waals surface area contributed by atoms with Crippen molar-refractivity contribution in [1.82, 2.24) is 4.90 Å². The van der Waals surface area contributed by atoms with Crippen molar-refractivity contribution in [2.24, 2.45) is 17.6 Å². The summed E-state index contributed by atoms with van der Waals surface area (Å²) in [4.78, 5) is 2.62. The molecule has 18 heavy (non-hydrogen) atoms. The number of rotatable bonds is 4. The van der Waals surface area contributed by atoms with Crippen LogP contribution in [0.3, 0.4) is 0 Å². The molecule has 1 aliphatic heterocycles. The maximum Gasteiger partial charge on any atom is 0.0613 e. The predicted molar refractivity (Wildman–Crippen MR) is 75.4 cm³/mol. The maximum atomic E-state index is 9.48. The third-order valence-corrected chi connectivity index (χ3v) is 5.34. The van der Waals surface area contributed by atoms with Gasteiger partial charge < -0.3 is 15.7 Å². The fourth-order valence-electron chi connectivity index (χ4n) is 3.92. The van der Waals surface area contributed by atoms with Crippen LogP contribution in [-0.4, -0.2) is 41.3 Å². The number of hydrogen-bond donors (Lipinski definition) is 2. The molecule has 1 saturated heterocycles. The van der Waals surface area contributed by atoms with Crippen molar-refractivity contribution in [3.05, 3.63) is 0 Å². The Morgan fingerprint density at radius 2 is 2.11 bits per heavy atom. The average Bonchev–Trinajstić information content (AvgIpc) is 2.71. The van der Waals surface area contributed by atoms with Crippen LogP contribution in [0.2, 0.25) is 0 Å². The Bertz CT molecular complexity index is 271. The van der Waals surface area contributed by atoms with Crippen LogP contribution < -0.4 is 5.73 Å². The number of aliphatic hydroxyl groups is 1. The van der Waals surface area contributed by atoms with E-state index >= 15 is 0 Å². The quantitative estimate of drug-likeness (QED) is 0.806. The fraction of sp³-hybridized carbons (Fsp3) is 1.00. The number of nitrogens with two attached hydrogens (primary N) is 1. The van der Waals surface area contributed by atoms with E-state index in [2.05, 4.69) is 18.7 Å². The molecule has 2 aliphatic rings. The third kappa shape index (κ3) is 3.06. The van der Waals surface area contributed by atoms with Crippen LogP contribution in [-0.2, 0) is 0 Å². The van der Waals surface area contributed by atoms with Gasteiger partial charge >= 0.3 is 0 Å². The third-order valence-electron chi connectivity index (χ3n) is 5.34. The normalized spacial score (nSPS) is 42.3. The first kappa shape index (κ1) is 14.3. The first-order valence-corrected chi connectivity index (χ1v) is 7.69. The summed E-state index contributed by atoms with van der Waals surface area (Å²) in [5.74, 6) is 1.41. The van der Waals surface area contributed by atoms with Crippen LogP contribution in [0, 0.1) is 11.8 Å². The minimum absolute atomic E-state index is 0.157. The van der Waals surface area contributed by atoms with Crippen LogP contribution in [0.4, 0.5) is 0 Å². The van der Waals surface area contributed by atoms with Crippen molar-refractivity contribution in [2.75, 3.05) is 19.7 Å². The second-order valence-electron chi connectivity index (χ2n) is 6.78. The van der Waals surface area contributed by atoms with E-state index in [0.29, 0.717) is 5.92 Å². The van der Waals surface area contributed by atoms with E-state index < -0.39 is 0 Å². The van der Waals surface area contributed by atoms with Gasteiger partial charge in [-0.2, -0.15) is 0 Å². The summed E-state index contributed by atoms with van der Waals surface area (Å²) in [6.45, 7) is 7.28. The average molecular weight is 254 g/mol. The van der Waals surface area contributed by atoms with E-state index in [9.17, 15) is 5.11 Å². The molecule has 1 heterocycles. The van der Waals surface area contributed by atoms with Gasteiger partial charge in [0, 0.05) is 11.6 Å².